The molecule has 3 atom stereocenters. The van der Waals surface area contributed by atoms with Gasteiger partial charge in [-0.2, -0.15) is 0 Å². The highest BCUT2D eigenvalue weighted by Gasteiger charge is 2.34. The molecule has 0 amide bonds. The average molecular weight is 293 g/mol. The van der Waals surface area contributed by atoms with E-state index in [-0.39, 0.29) is 0 Å². The van der Waals surface area contributed by atoms with Gasteiger partial charge in [-0.15, -0.1) is 0 Å². The quantitative estimate of drug-likeness (QED) is 0.868. The van der Waals surface area contributed by atoms with E-state index in [0.29, 0.717) is 12.1 Å². The minimum Gasteiger partial charge on any atom is -0.326 e. The Morgan fingerprint density at radius 2 is 1.57 bits per heavy atom. The standard InChI is InChI=1S/C18H35N3/c1-2-15-6-7-17(19)18(14-15)21-12-8-16(9-13-21)20-10-4-3-5-11-20/h15-18H,2-14,19H2,1H3. The van der Waals surface area contributed by atoms with Crippen LogP contribution in [0.5, 0.6) is 0 Å². The van der Waals surface area contributed by atoms with Crippen LogP contribution < -0.4 is 5.73 Å². The molecular weight excluding hydrogens is 258 g/mol. The molecule has 3 unspecified atom stereocenters. The van der Waals surface area contributed by atoms with Crippen molar-refractivity contribution in [3.05, 3.63) is 0 Å². The van der Waals surface area contributed by atoms with E-state index in [2.05, 4.69) is 16.7 Å². The molecule has 2 N–H and O–H groups in total. The Hall–Kier alpha value is -0.120. The van der Waals surface area contributed by atoms with Crippen LogP contribution in [0, 0.1) is 5.92 Å². The fraction of sp³-hybridized carbons (Fsp3) is 1.00. The predicted molar refractivity (Wildman–Crippen MR) is 89.4 cm³/mol. The molecule has 3 heteroatoms. The molecule has 0 aromatic carbocycles. The SMILES string of the molecule is CCC1CCC(N)C(N2CCC(N3CCCCC3)CC2)C1. The maximum atomic E-state index is 6.45. The second kappa shape index (κ2) is 7.43. The number of hydrogen-bond donors (Lipinski definition) is 1. The fourth-order valence-electron chi connectivity index (χ4n) is 4.91. The first kappa shape index (κ1) is 15.8. The summed E-state index contributed by atoms with van der Waals surface area (Å²) in [5.74, 6) is 0.926. The maximum absolute atomic E-state index is 6.45. The van der Waals surface area contributed by atoms with Crippen molar-refractivity contribution < 1.29 is 0 Å². The summed E-state index contributed by atoms with van der Waals surface area (Å²) in [6.07, 6.45) is 12.3. The number of nitrogens with zero attached hydrogens (tertiary/aromatic N) is 2. The molecule has 0 bridgehead atoms. The van der Waals surface area contributed by atoms with Gasteiger partial charge in [-0.25, -0.2) is 0 Å². The molecule has 3 aliphatic rings. The van der Waals surface area contributed by atoms with E-state index in [0.717, 1.165) is 12.0 Å². The van der Waals surface area contributed by atoms with Gasteiger partial charge in [0.25, 0.3) is 0 Å². The summed E-state index contributed by atoms with van der Waals surface area (Å²) < 4.78 is 0. The van der Waals surface area contributed by atoms with Crippen LogP contribution in [0.3, 0.4) is 0 Å². The van der Waals surface area contributed by atoms with Gasteiger partial charge in [0.1, 0.15) is 0 Å². The summed E-state index contributed by atoms with van der Waals surface area (Å²) in [4.78, 5) is 5.52. The minimum atomic E-state index is 0.430. The van der Waals surface area contributed by atoms with Crippen molar-refractivity contribution in [2.75, 3.05) is 26.2 Å². The summed E-state index contributed by atoms with van der Waals surface area (Å²) in [6.45, 7) is 7.63. The van der Waals surface area contributed by atoms with E-state index >= 15 is 0 Å². The highest BCUT2D eigenvalue weighted by Crippen LogP contribution is 2.31. The van der Waals surface area contributed by atoms with Crippen LogP contribution in [0.2, 0.25) is 0 Å². The number of rotatable bonds is 3. The molecule has 3 fully saturated rings. The van der Waals surface area contributed by atoms with Crippen LogP contribution in [0.15, 0.2) is 0 Å². The second-order valence-corrected chi connectivity index (χ2v) is 7.68. The lowest BCUT2D eigenvalue weighted by Crippen LogP contribution is -2.55. The Kier molecular flexibility index (Phi) is 5.58. The number of likely N-dealkylation sites (tertiary alicyclic amines) is 2. The predicted octanol–water partition coefficient (Wildman–Crippen LogP) is 2.84. The molecule has 21 heavy (non-hydrogen) atoms. The molecule has 0 radical (unpaired) electrons. The number of piperidine rings is 2. The van der Waals surface area contributed by atoms with Crippen molar-refractivity contribution in [2.45, 2.75) is 82.8 Å². The van der Waals surface area contributed by atoms with Gasteiger partial charge in [-0.05, 0) is 77.0 Å². The summed E-state index contributed by atoms with van der Waals surface area (Å²) in [5, 5.41) is 0. The summed E-state index contributed by atoms with van der Waals surface area (Å²) in [6, 6.07) is 1.97. The molecule has 1 saturated carbocycles. The zero-order chi connectivity index (χ0) is 14.7. The molecule has 3 rings (SSSR count). The first-order valence-corrected chi connectivity index (χ1v) is 9.51. The lowest BCUT2D eigenvalue weighted by Gasteiger charge is -2.46. The third-order valence-corrected chi connectivity index (χ3v) is 6.43. The maximum Gasteiger partial charge on any atom is 0.0249 e. The first-order valence-electron chi connectivity index (χ1n) is 9.51. The highest BCUT2D eigenvalue weighted by molar-refractivity contribution is 4.92. The second-order valence-electron chi connectivity index (χ2n) is 7.68. The van der Waals surface area contributed by atoms with Crippen molar-refractivity contribution in [2.24, 2.45) is 11.7 Å². The molecule has 2 aliphatic heterocycles. The molecule has 0 aromatic heterocycles. The summed E-state index contributed by atoms with van der Waals surface area (Å²) >= 11 is 0. The van der Waals surface area contributed by atoms with E-state index in [4.69, 9.17) is 5.73 Å². The van der Waals surface area contributed by atoms with Crippen LogP contribution in [0.25, 0.3) is 0 Å². The number of nitrogens with two attached hydrogens (primary N) is 1. The largest absolute Gasteiger partial charge is 0.326 e. The Morgan fingerprint density at radius 1 is 0.857 bits per heavy atom. The topological polar surface area (TPSA) is 32.5 Å². The van der Waals surface area contributed by atoms with E-state index in [1.54, 1.807) is 0 Å². The molecule has 1 aliphatic carbocycles. The van der Waals surface area contributed by atoms with Crippen molar-refractivity contribution in [1.82, 2.24) is 9.80 Å². The summed E-state index contributed by atoms with van der Waals surface area (Å²) in [7, 11) is 0. The zero-order valence-corrected chi connectivity index (χ0v) is 14.0. The molecule has 2 saturated heterocycles. The van der Waals surface area contributed by atoms with Gasteiger partial charge in [0, 0.05) is 18.1 Å². The Labute approximate surface area is 131 Å². The monoisotopic (exact) mass is 293 g/mol. The van der Waals surface area contributed by atoms with Crippen molar-refractivity contribution >= 4 is 0 Å². The van der Waals surface area contributed by atoms with Crippen LogP contribution in [0.1, 0.15) is 64.7 Å². The van der Waals surface area contributed by atoms with Gasteiger partial charge < -0.3 is 10.6 Å². The summed E-state index contributed by atoms with van der Waals surface area (Å²) in [5.41, 5.74) is 6.45. The fourth-order valence-corrected chi connectivity index (χ4v) is 4.91. The molecule has 2 heterocycles. The Morgan fingerprint density at radius 3 is 2.24 bits per heavy atom. The van der Waals surface area contributed by atoms with E-state index in [1.807, 2.05) is 0 Å². The molecule has 122 valence electrons. The van der Waals surface area contributed by atoms with Crippen LogP contribution in [-0.4, -0.2) is 54.1 Å². The van der Waals surface area contributed by atoms with Gasteiger partial charge in [-0.1, -0.05) is 19.8 Å². The minimum absolute atomic E-state index is 0.430. The van der Waals surface area contributed by atoms with Crippen LogP contribution in [-0.2, 0) is 0 Å². The Balaban J connectivity index is 1.50. The van der Waals surface area contributed by atoms with Gasteiger partial charge in [0.15, 0.2) is 0 Å². The molecule has 0 aromatic rings. The van der Waals surface area contributed by atoms with Gasteiger partial charge >= 0.3 is 0 Å². The lowest BCUT2D eigenvalue weighted by molar-refractivity contribution is 0.0453. The van der Waals surface area contributed by atoms with E-state index < -0.39 is 0 Å². The smallest absolute Gasteiger partial charge is 0.0249 e. The number of hydrogen-bond acceptors (Lipinski definition) is 3. The van der Waals surface area contributed by atoms with Gasteiger partial charge in [0.05, 0.1) is 0 Å². The van der Waals surface area contributed by atoms with Crippen LogP contribution in [0.4, 0.5) is 0 Å². The highest BCUT2D eigenvalue weighted by atomic mass is 15.2. The molecule has 0 spiro atoms. The van der Waals surface area contributed by atoms with Gasteiger partial charge in [-0.3, -0.25) is 4.90 Å². The van der Waals surface area contributed by atoms with E-state index in [9.17, 15) is 0 Å². The molecular formula is C18H35N3. The molecule has 3 nitrogen and oxygen atoms in total. The third-order valence-electron chi connectivity index (χ3n) is 6.43. The first-order chi connectivity index (χ1) is 10.3. The van der Waals surface area contributed by atoms with E-state index in [1.165, 1.54) is 84.0 Å². The van der Waals surface area contributed by atoms with Crippen molar-refractivity contribution in [1.29, 1.82) is 0 Å². The Bertz CT molecular complexity index is 306. The van der Waals surface area contributed by atoms with Crippen molar-refractivity contribution in [3.8, 4) is 0 Å². The zero-order valence-electron chi connectivity index (χ0n) is 14.0. The lowest BCUT2D eigenvalue weighted by atomic mass is 9.80. The van der Waals surface area contributed by atoms with Crippen molar-refractivity contribution in [3.63, 3.8) is 0 Å². The normalized spacial score (nSPS) is 37.7. The third kappa shape index (κ3) is 3.80. The van der Waals surface area contributed by atoms with Crippen LogP contribution >= 0.6 is 0 Å². The van der Waals surface area contributed by atoms with Gasteiger partial charge in [0.2, 0.25) is 0 Å². The average Bonchev–Trinajstić information content (AvgIpc) is 2.56.